The number of alkyl halides is 1. The average Bonchev–Trinajstić information content (AvgIpc) is 2.32. The highest BCUT2D eigenvalue weighted by atomic mass is 79.9. The normalized spacial score (nSPS) is 12.5. The van der Waals surface area contributed by atoms with Gasteiger partial charge in [-0.05, 0) is 41.8 Å². The molecule has 0 saturated carbocycles. The molecule has 0 nitrogen and oxygen atoms in total. The Kier molecular flexibility index (Phi) is 4.76. The van der Waals surface area contributed by atoms with E-state index >= 15 is 0 Å². The molecule has 1 atom stereocenters. The summed E-state index contributed by atoms with van der Waals surface area (Å²) in [5.41, 5.74) is 3.47. The molecular formula is C14H10Br2Cl2. The summed E-state index contributed by atoms with van der Waals surface area (Å²) in [6.45, 7) is 2.07. The van der Waals surface area contributed by atoms with Crippen LogP contribution in [0.25, 0.3) is 0 Å². The predicted molar refractivity (Wildman–Crippen MR) is 86.1 cm³/mol. The Morgan fingerprint density at radius 1 is 1.00 bits per heavy atom. The Morgan fingerprint density at radius 2 is 1.72 bits per heavy atom. The first-order valence-corrected chi connectivity index (χ1v) is 7.80. The number of aryl methyl sites for hydroxylation is 1. The van der Waals surface area contributed by atoms with Crippen LogP contribution in [0.2, 0.25) is 10.0 Å². The summed E-state index contributed by atoms with van der Waals surface area (Å²) in [5, 5.41) is 1.14. The molecule has 0 aliphatic rings. The predicted octanol–water partition coefficient (Wildman–Crippen LogP) is 6.55. The second kappa shape index (κ2) is 5.96. The highest BCUT2D eigenvalue weighted by molar-refractivity contribution is 9.11. The van der Waals surface area contributed by atoms with E-state index in [0.29, 0.717) is 10.0 Å². The molecule has 0 bridgehead atoms. The molecule has 2 rings (SSSR count). The molecule has 0 aliphatic carbocycles. The van der Waals surface area contributed by atoms with Crippen molar-refractivity contribution in [1.29, 1.82) is 0 Å². The summed E-state index contributed by atoms with van der Waals surface area (Å²) >= 11 is 19.3. The molecule has 0 saturated heterocycles. The topological polar surface area (TPSA) is 0 Å². The van der Waals surface area contributed by atoms with Crippen molar-refractivity contribution in [3.05, 3.63) is 67.6 Å². The minimum atomic E-state index is 0.0854. The summed E-state index contributed by atoms with van der Waals surface area (Å²) in [6, 6.07) is 12.0. The molecule has 0 radical (unpaired) electrons. The van der Waals surface area contributed by atoms with Crippen LogP contribution in [0.4, 0.5) is 0 Å². The zero-order valence-corrected chi connectivity index (χ0v) is 14.2. The van der Waals surface area contributed by atoms with Crippen LogP contribution in [0, 0.1) is 6.92 Å². The second-order valence-electron chi connectivity index (χ2n) is 4.06. The van der Waals surface area contributed by atoms with Gasteiger partial charge in [0.15, 0.2) is 0 Å². The van der Waals surface area contributed by atoms with Crippen molar-refractivity contribution in [2.75, 3.05) is 0 Å². The maximum absolute atomic E-state index is 6.05. The standard InChI is InChI=1S/C14H10Br2Cl2/c1-8-2-4-10(11(15)6-8)14(16)9-3-5-12(17)13(18)7-9/h2-7,14H,1H3. The molecule has 18 heavy (non-hydrogen) atoms. The summed E-state index contributed by atoms with van der Waals surface area (Å²) in [5.74, 6) is 0. The van der Waals surface area contributed by atoms with Crippen LogP contribution in [-0.2, 0) is 0 Å². The molecule has 2 aromatic carbocycles. The van der Waals surface area contributed by atoms with Crippen molar-refractivity contribution in [1.82, 2.24) is 0 Å². The number of hydrogen-bond donors (Lipinski definition) is 0. The van der Waals surface area contributed by atoms with Gasteiger partial charge in [-0.15, -0.1) is 0 Å². The van der Waals surface area contributed by atoms with Crippen LogP contribution in [0.5, 0.6) is 0 Å². The van der Waals surface area contributed by atoms with Crippen LogP contribution in [-0.4, -0.2) is 0 Å². The first-order valence-electron chi connectivity index (χ1n) is 5.34. The number of benzene rings is 2. The SMILES string of the molecule is Cc1ccc(C(Br)c2ccc(Cl)c(Cl)c2)c(Br)c1. The van der Waals surface area contributed by atoms with Crippen molar-refractivity contribution in [3.63, 3.8) is 0 Å². The molecule has 0 N–H and O–H groups in total. The van der Waals surface area contributed by atoms with Crippen molar-refractivity contribution in [3.8, 4) is 0 Å². The van der Waals surface area contributed by atoms with Crippen molar-refractivity contribution in [2.45, 2.75) is 11.8 Å². The van der Waals surface area contributed by atoms with Gasteiger partial charge in [-0.25, -0.2) is 0 Å². The molecule has 4 heteroatoms. The fourth-order valence-corrected chi connectivity index (χ4v) is 3.71. The van der Waals surface area contributed by atoms with E-state index in [1.807, 2.05) is 18.2 Å². The van der Waals surface area contributed by atoms with E-state index in [9.17, 15) is 0 Å². The molecule has 0 fully saturated rings. The zero-order valence-electron chi connectivity index (χ0n) is 9.55. The maximum Gasteiger partial charge on any atom is 0.0656 e. The molecule has 2 aromatic rings. The molecule has 1 unspecified atom stereocenters. The number of halogens is 4. The fourth-order valence-electron chi connectivity index (χ4n) is 1.69. The number of rotatable bonds is 2. The van der Waals surface area contributed by atoms with Gasteiger partial charge in [0.25, 0.3) is 0 Å². The molecule has 0 aromatic heterocycles. The van der Waals surface area contributed by atoms with E-state index in [2.05, 4.69) is 57.0 Å². The minimum Gasteiger partial charge on any atom is -0.0827 e. The van der Waals surface area contributed by atoms with E-state index in [0.717, 1.165) is 10.0 Å². The Morgan fingerprint density at radius 3 is 2.33 bits per heavy atom. The van der Waals surface area contributed by atoms with Crippen molar-refractivity contribution < 1.29 is 0 Å². The molecule has 0 spiro atoms. The Bertz CT molecular complexity index is 582. The van der Waals surface area contributed by atoms with Gasteiger partial charge in [-0.1, -0.05) is 73.3 Å². The Balaban J connectivity index is 2.41. The van der Waals surface area contributed by atoms with Crippen LogP contribution in [0.1, 0.15) is 21.5 Å². The molecule has 0 amide bonds. The third-order valence-electron chi connectivity index (χ3n) is 2.67. The molecule has 0 heterocycles. The van der Waals surface area contributed by atoms with Crippen LogP contribution < -0.4 is 0 Å². The van der Waals surface area contributed by atoms with E-state index in [1.165, 1.54) is 11.1 Å². The van der Waals surface area contributed by atoms with Crippen LogP contribution >= 0.6 is 55.1 Å². The molecular weight excluding hydrogens is 399 g/mol. The van der Waals surface area contributed by atoms with Gasteiger partial charge in [0.2, 0.25) is 0 Å². The minimum absolute atomic E-state index is 0.0854. The third kappa shape index (κ3) is 3.11. The van der Waals surface area contributed by atoms with Gasteiger partial charge in [-0.3, -0.25) is 0 Å². The Labute approximate surface area is 134 Å². The number of hydrogen-bond acceptors (Lipinski definition) is 0. The highest BCUT2D eigenvalue weighted by Gasteiger charge is 2.14. The van der Waals surface area contributed by atoms with Crippen molar-refractivity contribution >= 4 is 55.1 Å². The van der Waals surface area contributed by atoms with Gasteiger partial charge in [0, 0.05) is 4.47 Å². The molecule has 94 valence electrons. The van der Waals surface area contributed by atoms with Crippen molar-refractivity contribution in [2.24, 2.45) is 0 Å². The third-order valence-corrected chi connectivity index (χ3v) is 5.11. The van der Waals surface area contributed by atoms with Gasteiger partial charge in [-0.2, -0.15) is 0 Å². The summed E-state index contributed by atoms with van der Waals surface area (Å²) < 4.78 is 1.08. The summed E-state index contributed by atoms with van der Waals surface area (Å²) in [4.78, 5) is 0.0854. The van der Waals surface area contributed by atoms with Gasteiger partial charge >= 0.3 is 0 Å². The van der Waals surface area contributed by atoms with Crippen LogP contribution in [0.15, 0.2) is 40.9 Å². The monoisotopic (exact) mass is 406 g/mol. The average molecular weight is 409 g/mol. The highest BCUT2D eigenvalue weighted by Crippen LogP contribution is 2.37. The maximum atomic E-state index is 6.05. The lowest BCUT2D eigenvalue weighted by Gasteiger charge is -2.14. The summed E-state index contributed by atoms with van der Waals surface area (Å²) in [7, 11) is 0. The smallest absolute Gasteiger partial charge is 0.0656 e. The lowest BCUT2D eigenvalue weighted by Crippen LogP contribution is -1.94. The van der Waals surface area contributed by atoms with E-state index in [4.69, 9.17) is 23.2 Å². The fraction of sp³-hybridized carbons (Fsp3) is 0.143. The lowest BCUT2D eigenvalue weighted by atomic mass is 10.0. The second-order valence-corrected chi connectivity index (χ2v) is 6.65. The van der Waals surface area contributed by atoms with E-state index < -0.39 is 0 Å². The van der Waals surface area contributed by atoms with E-state index in [1.54, 1.807) is 0 Å². The van der Waals surface area contributed by atoms with Gasteiger partial charge in [0.05, 0.1) is 14.9 Å². The van der Waals surface area contributed by atoms with Gasteiger partial charge in [0.1, 0.15) is 0 Å². The molecule has 0 aliphatic heterocycles. The van der Waals surface area contributed by atoms with Gasteiger partial charge < -0.3 is 0 Å². The lowest BCUT2D eigenvalue weighted by molar-refractivity contribution is 1.16. The largest absolute Gasteiger partial charge is 0.0827 e. The zero-order chi connectivity index (χ0) is 13.3. The van der Waals surface area contributed by atoms with E-state index in [-0.39, 0.29) is 4.83 Å². The summed E-state index contributed by atoms with van der Waals surface area (Å²) in [6.07, 6.45) is 0. The Hall–Kier alpha value is -0.0200. The quantitative estimate of drug-likeness (QED) is 0.494. The first-order chi connectivity index (χ1) is 8.49. The first kappa shape index (κ1) is 14.4. The van der Waals surface area contributed by atoms with Crippen LogP contribution in [0.3, 0.4) is 0 Å².